The summed E-state index contributed by atoms with van der Waals surface area (Å²) in [7, 11) is 0. The van der Waals surface area contributed by atoms with E-state index in [0.29, 0.717) is 5.92 Å². The Morgan fingerprint density at radius 3 is 2.61 bits per heavy atom. The van der Waals surface area contributed by atoms with Crippen LogP contribution in [0.5, 0.6) is 0 Å². The predicted molar refractivity (Wildman–Crippen MR) is 73.7 cm³/mol. The van der Waals surface area contributed by atoms with Crippen LogP contribution < -0.4 is 0 Å². The highest BCUT2D eigenvalue weighted by Gasteiger charge is 2.34. The number of rotatable bonds is 3. The summed E-state index contributed by atoms with van der Waals surface area (Å²) in [6, 6.07) is 3.67. The van der Waals surface area contributed by atoms with Gasteiger partial charge < -0.3 is 5.11 Å². The smallest absolute Gasteiger partial charge is 0.114 e. The molecule has 2 nitrogen and oxygen atoms in total. The zero-order chi connectivity index (χ0) is 13.2. The molecule has 1 aromatic rings. The van der Waals surface area contributed by atoms with Crippen molar-refractivity contribution in [1.29, 1.82) is 0 Å². The fraction of sp³-hybridized carbons (Fsp3) is 0.375. The van der Waals surface area contributed by atoms with Gasteiger partial charge in [0.2, 0.25) is 0 Å². The molecular formula is C16H20NO. The number of hydrogen-bond acceptors (Lipinski definition) is 2. The van der Waals surface area contributed by atoms with Crippen LogP contribution in [0.3, 0.4) is 0 Å². The van der Waals surface area contributed by atoms with Gasteiger partial charge in [-0.3, -0.25) is 4.98 Å². The highest BCUT2D eigenvalue weighted by atomic mass is 16.3. The third kappa shape index (κ3) is 2.54. The van der Waals surface area contributed by atoms with E-state index in [1.807, 2.05) is 24.3 Å². The van der Waals surface area contributed by atoms with E-state index in [0.717, 1.165) is 12.0 Å². The van der Waals surface area contributed by atoms with Crippen LogP contribution in [0.25, 0.3) is 0 Å². The summed E-state index contributed by atoms with van der Waals surface area (Å²) in [6.45, 7) is 8.47. The Hall–Kier alpha value is -1.41. The monoisotopic (exact) mass is 242 g/mol. The van der Waals surface area contributed by atoms with E-state index in [-0.39, 0.29) is 5.92 Å². The van der Waals surface area contributed by atoms with E-state index < -0.39 is 5.60 Å². The van der Waals surface area contributed by atoms with E-state index in [1.165, 1.54) is 5.57 Å². The summed E-state index contributed by atoms with van der Waals surface area (Å²) >= 11 is 0. The molecule has 1 aliphatic rings. The van der Waals surface area contributed by atoms with E-state index in [4.69, 9.17) is 0 Å². The molecule has 0 saturated heterocycles. The molecule has 18 heavy (non-hydrogen) atoms. The Kier molecular flexibility index (Phi) is 3.67. The first kappa shape index (κ1) is 13.0. The third-order valence-electron chi connectivity index (χ3n) is 3.32. The van der Waals surface area contributed by atoms with E-state index in [1.54, 1.807) is 12.4 Å². The second-order valence-corrected chi connectivity index (χ2v) is 5.34. The van der Waals surface area contributed by atoms with Gasteiger partial charge >= 0.3 is 0 Å². The lowest BCUT2D eigenvalue weighted by molar-refractivity contribution is 0.0592. The Bertz CT molecular complexity index is 461. The fourth-order valence-electron chi connectivity index (χ4n) is 2.34. The molecule has 2 atom stereocenters. The van der Waals surface area contributed by atoms with Crippen molar-refractivity contribution < 1.29 is 5.11 Å². The average molecular weight is 242 g/mol. The zero-order valence-corrected chi connectivity index (χ0v) is 11.0. The molecule has 0 fully saturated rings. The fourth-order valence-corrected chi connectivity index (χ4v) is 2.34. The van der Waals surface area contributed by atoms with Crippen molar-refractivity contribution >= 4 is 0 Å². The van der Waals surface area contributed by atoms with Crippen LogP contribution in [-0.2, 0) is 5.60 Å². The maximum Gasteiger partial charge on any atom is 0.114 e. The standard InChI is InChI=1S/C16H20NO/c1-12(2)10-14-4-7-16(18,13(3)11-14)15-5-8-17-9-6-15/h4-9,11-13,18H,3,10H2,1-2H3. The Balaban J connectivity index is 2.25. The van der Waals surface area contributed by atoms with Crippen LogP contribution in [0.1, 0.15) is 25.8 Å². The first-order valence-electron chi connectivity index (χ1n) is 6.38. The Morgan fingerprint density at radius 1 is 1.39 bits per heavy atom. The minimum atomic E-state index is -1.01. The molecule has 1 aliphatic carbocycles. The van der Waals surface area contributed by atoms with Crippen molar-refractivity contribution in [1.82, 2.24) is 4.98 Å². The Labute approximate surface area is 109 Å². The molecule has 0 spiro atoms. The third-order valence-corrected chi connectivity index (χ3v) is 3.32. The predicted octanol–water partition coefficient (Wildman–Crippen LogP) is 3.26. The molecule has 0 aliphatic heterocycles. The SMILES string of the molecule is [CH2]C1C=C(CC(C)C)C=CC1(O)c1ccncc1. The van der Waals surface area contributed by atoms with Crippen LogP contribution in [0.15, 0.2) is 48.3 Å². The van der Waals surface area contributed by atoms with Gasteiger partial charge in [0.25, 0.3) is 0 Å². The molecule has 0 amide bonds. The molecular weight excluding hydrogens is 222 g/mol. The van der Waals surface area contributed by atoms with Crippen LogP contribution in [0.2, 0.25) is 0 Å². The van der Waals surface area contributed by atoms with Crippen LogP contribution >= 0.6 is 0 Å². The van der Waals surface area contributed by atoms with Crippen molar-refractivity contribution in [3.8, 4) is 0 Å². The number of allylic oxidation sites excluding steroid dienone is 2. The second-order valence-electron chi connectivity index (χ2n) is 5.34. The lowest BCUT2D eigenvalue weighted by Crippen LogP contribution is -2.32. The molecule has 1 N–H and O–H groups in total. The first-order chi connectivity index (χ1) is 8.52. The van der Waals surface area contributed by atoms with Crippen molar-refractivity contribution in [2.45, 2.75) is 25.9 Å². The second kappa shape index (κ2) is 5.07. The molecule has 0 saturated carbocycles. The maximum absolute atomic E-state index is 10.7. The van der Waals surface area contributed by atoms with Gasteiger partial charge in [0.15, 0.2) is 0 Å². The summed E-state index contributed by atoms with van der Waals surface area (Å²) in [6.07, 6.45) is 10.4. The summed E-state index contributed by atoms with van der Waals surface area (Å²) in [4.78, 5) is 3.98. The normalized spacial score (nSPS) is 27.4. The molecule has 2 heteroatoms. The van der Waals surface area contributed by atoms with Crippen molar-refractivity contribution in [2.24, 2.45) is 11.8 Å². The summed E-state index contributed by atoms with van der Waals surface area (Å²) in [5.41, 5.74) is 1.08. The van der Waals surface area contributed by atoms with Crippen LogP contribution in [0.4, 0.5) is 0 Å². The lowest BCUT2D eigenvalue weighted by Gasteiger charge is -2.33. The highest BCUT2D eigenvalue weighted by Crippen LogP contribution is 2.36. The van der Waals surface area contributed by atoms with E-state index in [2.05, 4.69) is 31.8 Å². The number of pyridine rings is 1. The van der Waals surface area contributed by atoms with Gasteiger partial charge in [-0.2, -0.15) is 0 Å². The minimum Gasteiger partial charge on any atom is -0.380 e. The molecule has 95 valence electrons. The molecule has 2 rings (SSSR count). The molecule has 1 radical (unpaired) electrons. The number of aromatic nitrogens is 1. The summed E-state index contributed by atoms with van der Waals surface area (Å²) in [5.74, 6) is 0.443. The van der Waals surface area contributed by atoms with E-state index in [9.17, 15) is 5.11 Å². The zero-order valence-electron chi connectivity index (χ0n) is 11.0. The van der Waals surface area contributed by atoms with Gasteiger partial charge in [0.05, 0.1) is 0 Å². The first-order valence-corrected chi connectivity index (χ1v) is 6.38. The van der Waals surface area contributed by atoms with Gasteiger partial charge in [0.1, 0.15) is 5.60 Å². The highest BCUT2D eigenvalue weighted by molar-refractivity contribution is 5.37. The van der Waals surface area contributed by atoms with Crippen LogP contribution in [-0.4, -0.2) is 10.1 Å². The van der Waals surface area contributed by atoms with Crippen LogP contribution in [0, 0.1) is 18.8 Å². The number of hydrogen-bond donors (Lipinski definition) is 1. The number of nitrogens with zero attached hydrogens (tertiary/aromatic N) is 1. The molecule has 0 bridgehead atoms. The summed E-state index contributed by atoms with van der Waals surface area (Å²) < 4.78 is 0. The quantitative estimate of drug-likeness (QED) is 0.882. The molecule has 1 aromatic heterocycles. The number of aliphatic hydroxyl groups is 1. The van der Waals surface area contributed by atoms with Gasteiger partial charge in [-0.15, -0.1) is 0 Å². The largest absolute Gasteiger partial charge is 0.380 e. The van der Waals surface area contributed by atoms with Crippen molar-refractivity contribution in [3.63, 3.8) is 0 Å². The maximum atomic E-state index is 10.7. The molecule has 1 heterocycles. The average Bonchev–Trinajstić information content (AvgIpc) is 2.34. The lowest BCUT2D eigenvalue weighted by atomic mass is 9.77. The molecule has 2 unspecified atom stereocenters. The summed E-state index contributed by atoms with van der Waals surface area (Å²) in [5, 5.41) is 10.7. The molecule has 0 aromatic carbocycles. The Morgan fingerprint density at radius 2 is 2.06 bits per heavy atom. The van der Waals surface area contributed by atoms with Gasteiger partial charge in [-0.1, -0.05) is 31.6 Å². The van der Waals surface area contributed by atoms with E-state index >= 15 is 0 Å². The minimum absolute atomic E-state index is 0.168. The topological polar surface area (TPSA) is 33.1 Å². The van der Waals surface area contributed by atoms with Gasteiger partial charge in [-0.05, 0) is 43.0 Å². The van der Waals surface area contributed by atoms with Gasteiger partial charge in [-0.25, -0.2) is 0 Å². The van der Waals surface area contributed by atoms with Crippen molar-refractivity contribution in [3.05, 3.63) is 60.8 Å². The van der Waals surface area contributed by atoms with Crippen molar-refractivity contribution in [2.75, 3.05) is 0 Å². The van der Waals surface area contributed by atoms with Gasteiger partial charge in [0, 0.05) is 18.3 Å².